The van der Waals surface area contributed by atoms with E-state index < -0.39 is 11.9 Å². The molecule has 0 aliphatic carbocycles. The number of methoxy groups -OCH3 is 2. The Hall–Kier alpha value is -4.74. The second-order valence-corrected chi connectivity index (χ2v) is 9.20. The maximum atomic E-state index is 12.1. The quantitative estimate of drug-likeness (QED) is 0.0921. The van der Waals surface area contributed by atoms with Crippen LogP contribution in [-0.2, 0) is 19.2 Å². The number of benzene rings is 2. The summed E-state index contributed by atoms with van der Waals surface area (Å²) in [5.74, 6) is 0.400. The summed E-state index contributed by atoms with van der Waals surface area (Å²) in [7, 11) is 3.04. The van der Waals surface area contributed by atoms with E-state index in [0.29, 0.717) is 59.8 Å². The number of nitrogens with one attached hydrogen (secondary N) is 2. The number of unbranched alkanes of at least 4 members (excludes halogenated alkanes) is 5. The second-order valence-electron chi connectivity index (χ2n) is 9.20. The lowest BCUT2D eigenvalue weighted by molar-refractivity contribution is -0.132. The number of hydrogen-bond acceptors (Lipinski definition) is 10. The SMILES string of the molecule is COc1ccc(OC(C)=O)c(/C=N/NC(=O)CCCCCCCCC(=O)N/N=C/c2cc(OC)ccc2OC(C)=O)c1. The van der Waals surface area contributed by atoms with E-state index in [1.54, 1.807) is 36.4 Å². The molecule has 0 atom stereocenters. The molecular formula is C30H38N4O8. The zero-order chi connectivity index (χ0) is 30.7. The van der Waals surface area contributed by atoms with E-state index >= 15 is 0 Å². The number of ether oxygens (including phenoxy) is 4. The Morgan fingerprint density at radius 1 is 0.643 bits per heavy atom. The molecule has 2 aromatic rings. The van der Waals surface area contributed by atoms with Gasteiger partial charge in [0, 0.05) is 37.8 Å². The molecule has 0 unspecified atom stereocenters. The fraction of sp³-hybridized carbons (Fsp3) is 0.400. The molecule has 2 rings (SSSR count). The van der Waals surface area contributed by atoms with Gasteiger partial charge in [-0.05, 0) is 49.2 Å². The second kappa shape index (κ2) is 18.6. The van der Waals surface area contributed by atoms with Gasteiger partial charge >= 0.3 is 11.9 Å². The van der Waals surface area contributed by atoms with Crippen molar-refractivity contribution in [2.75, 3.05) is 14.2 Å². The standard InChI is InChI=1S/C30H38N4O8/c1-21(35)41-27-15-13-25(39-3)17-23(27)19-31-33-29(37)11-9-7-5-6-8-10-12-30(38)34-32-20-24-18-26(40-4)14-16-28(24)42-22(2)36/h13-20H,5-12H2,1-4H3,(H,33,37)(H,34,38)/b31-19+,32-20+. The van der Waals surface area contributed by atoms with Gasteiger partial charge in [-0.25, -0.2) is 10.9 Å². The van der Waals surface area contributed by atoms with Crippen molar-refractivity contribution in [3.05, 3.63) is 47.5 Å². The van der Waals surface area contributed by atoms with Gasteiger partial charge in [0.2, 0.25) is 11.8 Å². The highest BCUT2D eigenvalue weighted by atomic mass is 16.5. The molecule has 0 saturated heterocycles. The van der Waals surface area contributed by atoms with Crippen molar-refractivity contribution >= 4 is 36.2 Å². The Labute approximate surface area is 245 Å². The van der Waals surface area contributed by atoms with E-state index in [2.05, 4.69) is 21.1 Å². The van der Waals surface area contributed by atoms with Crippen LogP contribution < -0.4 is 29.8 Å². The van der Waals surface area contributed by atoms with Crippen molar-refractivity contribution in [1.29, 1.82) is 0 Å². The number of amides is 2. The summed E-state index contributed by atoms with van der Waals surface area (Å²) in [6.45, 7) is 2.60. The van der Waals surface area contributed by atoms with Crippen LogP contribution in [0.5, 0.6) is 23.0 Å². The van der Waals surface area contributed by atoms with E-state index in [1.165, 1.54) is 40.5 Å². The van der Waals surface area contributed by atoms with Crippen LogP contribution in [0.1, 0.15) is 76.3 Å². The van der Waals surface area contributed by atoms with Crippen LogP contribution in [0.3, 0.4) is 0 Å². The van der Waals surface area contributed by atoms with Crippen molar-refractivity contribution in [2.45, 2.75) is 65.2 Å². The smallest absolute Gasteiger partial charge is 0.308 e. The van der Waals surface area contributed by atoms with E-state index in [4.69, 9.17) is 18.9 Å². The lowest BCUT2D eigenvalue weighted by Gasteiger charge is -2.07. The summed E-state index contributed by atoms with van der Waals surface area (Å²) in [6, 6.07) is 9.81. The number of carbonyl (C=O) groups is 4. The molecule has 0 fully saturated rings. The highest BCUT2D eigenvalue weighted by Crippen LogP contribution is 2.24. The normalized spacial score (nSPS) is 10.9. The van der Waals surface area contributed by atoms with Gasteiger partial charge in [-0.1, -0.05) is 25.7 Å². The first-order valence-electron chi connectivity index (χ1n) is 13.6. The Morgan fingerprint density at radius 3 is 1.38 bits per heavy atom. The van der Waals surface area contributed by atoms with Gasteiger partial charge < -0.3 is 18.9 Å². The molecule has 0 saturated carbocycles. The van der Waals surface area contributed by atoms with E-state index in [0.717, 1.165) is 25.7 Å². The highest BCUT2D eigenvalue weighted by Gasteiger charge is 2.08. The molecule has 0 radical (unpaired) electrons. The van der Waals surface area contributed by atoms with Crippen LogP contribution in [0.25, 0.3) is 0 Å². The number of nitrogens with zero attached hydrogens (tertiary/aromatic N) is 2. The molecule has 0 aliphatic rings. The topological polar surface area (TPSA) is 154 Å². The van der Waals surface area contributed by atoms with Gasteiger partial charge in [0.05, 0.1) is 26.6 Å². The molecule has 0 aromatic heterocycles. The average Bonchev–Trinajstić information content (AvgIpc) is 2.95. The van der Waals surface area contributed by atoms with Crippen LogP contribution >= 0.6 is 0 Å². The van der Waals surface area contributed by atoms with E-state index in [1.807, 2.05) is 0 Å². The van der Waals surface area contributed by atoms with Crippen LogP contribution in [0.15, 0.2) is 46.6 Å². The summed E-state index contributed by atoms with van der Waals surface area (Å²) >= 11 is 0. The number of esters is 2. The number of hydrogen-bond donors (Lipinski definition) is 2. The fourth-order valence-electron chi connectivity index (χ4n) is 3.74. The third-order valence-electron chi connectivity index (χ3n) is 5.78. The lowest BCUT2D eigenvalue weighted by atomic mass is 10.1. The van der Waals surface area contributed by atoms with Crippen molar-refractivity contribution in [1.82, 2.24) is 10.9 Å². The Balaban J connectivity index is 1.60. The molecule has 0 bridgehead atoms. The maximum absolute atomic E-state index is 12.1. The zero-order valence-electron chi connectivity index (χ0n) is 24.4. The highest BCUT2D eigenvalue weighted by molar-refractivity contribution is 5.88. The molecule has 226 valence electrons. The van der Waals surface area contributed by atoms with Gasteiger partial charge in [0.1, 0.15) is 23.0 Å². The third kappa shape index (κ3) is 13.1. The molecule has 2 aromatic carbocycles. The minimum absolute atomic E-state index is 0.214. The van der Waals surface area contributed by atoms with E-state index in [9.17, 15) is 19.2 Å². The summed E-state index contributed by atoms with van der Waals surface area (Å²) in [5, 5.41) is 7.92. The first-order chi connectivity index (χ1) is 20.2. The number of hydrazone groups is 2. The summed E-state index contributed by atoms with van der Waals surface area (Å²) < 4.78 is 20.6. The van der Waals surface area contributed by atoms with Gasteiger partial charge in [-0.15, -0.1) is 0 Å². The van der Waals surface area contributed by atoms with Crippen molar-refractivity contribution in [2.24, 2.45) is 10.2 Å². The predicted octanol–water partition coefficient (Wildman–Crippen LogP) is 4.28. The van der Waals surface area contributed by atoms with Crippen LogP contribution in [0, 0.1) is 0 Å². The van der Waals surface area contributed by atoms with Crippen molar-refractivity contribution in [3.63, 3.8) is 0 Å². The fourth-order valence-corrected chi connectivity index (χ4v) is 3.74. The first-order valence-corrected chi connectivity index (χ1v) is 13.6. The minimum Gasteiger partial charge on any atom is -0.497 e. The molecule has 0 heterocycles. The first kappa shape index (κ1) is 33.5. The monoisotopic (exact) mass is 582 g/mol. The molecule has 12 nitrogen and oxygen atoms in total. The van der Waals surface area contributed by atoms with Crippen LogP contribution in [-0.4, -0.2) is 50.4 Å². The Bertz CT molecular complexity index is 1180. The number of carbonyl (C=O) groups excluding carboxylic acids is 4. The predicted molar refractivity (Wildman–Crippen MR) is 157 cm³/mol. The summed E-state index contributed by atoms with van der Waals surface area (Å²) in [6.07, 6.45) is 8.55. The van der Waals surface area contributed by atoms with Gasteiger partial charge in [-0.3, -0.25) is 19.2 Å². The van der Waals surface area contributed by atoms with Gasteiger partial charge in [0.25, 0.3) is 0 Å². The molecular weight excluding hydrogens is 544 g/mol. The molecule has 2 amide bonds. The maximum Gasteiger partial charge on any atom is 0.308 e. The number of rotatable bonds is 17. The minimum atomic E-state index is -0.464. The molecule has 12 heteroatoms. The van der Waals surface area contributed by atoms with Gasteiger partial charge in [-0.2, -0.15) is 10.2 Å². The van der Waals surface area contributed by atoms with E-state index in [-0.39, 0.29) is 11.8 Å². The molecule has 0 spiro atoms. The largest absolute Gasteiger partial charge is 0.497 e. The van der Waals surface area contributed by atoms with Crippen molar-refractivity contribution < 1.29 is 38.1 Å². The molecule has 0 aliphatic heterocycles. The summed E-state index contributed by atoms with van der Waals surface area (Å²) in [5.41, 5.74) is 5.96. The molecule has 2 N–H and O–H groups in total. The lowest BCUT2D eigenvalue weighted by Crippen LogP contribution is -2.17. The van der Waals surface area contributed by atoms with Crippen molar-refractivity contribution in [3.8, 4) is 23.0 Å². The van der Waals surface area contributed by atoms with Crippen LogP contribution in [0.2, 0.25) is 0 Å². The third-order valence-corrected chi connectivity index (χ3v) is 5.78. The molecule has 42 heavy (non-hydrogen) atoms. The Morgan fingerprint density at radius 2 is 1.02 bits per heavy atom. The summed E-state index contributed by atoms with van der Waals surface area (Å²) in [4.78, 5) is 46.7. The Kier molecular flexibility index (Phi) is 14.8. The van der Waals surface area contributed by atoms with Gasteiger partial charge in [0.15, 0.2) is 0 Å². The van der Waals surface area contributed by atoms with Crippen LogP contribution in [0.4, 0.5) is 0 Å². The average molecular weight is 583 g/mol. The zero-order valence-corrected chi connectivity index (χ0v) is 24.4.